The van der Waals surface area contributed by atoms with Crippen molar-refractivity contribution in [1.29, 1.82) is 0 Å². The molecular formula is C18H13Cl2N3O4. The number of hydrogen-bond acceptors (Lipinski definition) is 5. The lowest BCUT2D eigenvalue weighted by Crippen LogP contribution is -2.14. The highest BCUT2D eigenvalue weighted by atomic mass is 35.5. The van der Waals surface area contributed by atoms with Crippen LogP contribution in [0.25, 0.3) is 11.3 Å². The molecule has 9 heteroatoms. The maximum Gasteiger partial charge on any atom is 0.274 e. The van der Waals surface area contributed by atoms with Crippen molar-refractivity contribution in [2.45, 2.75) is 13.8 Å². The number of aryl methyl sites for hydroxylation is 2. The second-order valence-electron chi connectivity index (χ2n) is 5.77. The van der Waals surface area contributed by atoms with E-state index in [1.165, 1.54) is 6.07 Å². The van der Waals surface area contributed by atoms with Crippen LogP contribution in [-0.2, 0) is 0 Å². The highest BCUT2D eigenvalue weighted by Gasteiger charge is 2.25. The number of carbonyl (C=O) groups is 1. The van der Waals surface area contributed by atoms with Gasteiger partial charge < -0.3 is 9.84 Å². The van der Waals surface area contributed by atoms with E-state index in [9.17, 15) is 14.9 Å². The Morgan fingerprint density at radius 3 is 2.48 bits per heavy atom. The molecule has 0 fully saturated rings. The number of benzene rings is 2. The van der Waals surface area contributed by atoms with Crippen LogP contribution >= 0.6 is 23.2 Å². The number of nitrogens with one attached hydrogen (secondary N) is 1. The first-order valence-corrected chi connectivity index (χ1v) is 8.52. The van der Waals surface area contributed by atoms with E-state index in [-0.39, 0.29) is 28.4 Å². The zero-order chi connectivity index (χ0) is 19.7. The number of nitro groups is 1. The Bertz CT molecular complexity index is 1040. The SMILES string of the molecule is Cc1ccc(NC(=O)c2c(-c3c(Cl)cccc3Cl)noc2C)cc1[N+](=O)[O-]. The van der Waals surface area contributed by atoms with Gasteiger partial charge in [0.2, 0.25) is 0 Å². The topological polar surface area (TPSA) is 98.3 Å². The van der Waals surface area contributed by atoms with Crippen molar-refractivity contribution >= 4 is 40.5 Å². The van der Waals surface area contributed by atoms with E-state index in [2.05, 4.69) is 10.5 Å². The summed E-state index contributed by atoms with van der Waals surface area (Å²) in [6.07, 6.45) is 0. The van der Waals surface area contributed by atoms with Crippen molar-refractivity contribution in [3.8, 4) is 11.3 Å². The second-order valence-corrected chi connectivity index (χ2v) is 6.59. The number of anilines is 1. The molecule has 1 heterocycles. The van der Waals surface area contributed by atoms with Crippen molar-refractivity contribution in [3.05, 3.63) is 73.4 Å². The third kappa shape index (κ3) is 3.65. The molecule has 1 amide bonds. The fourth-order valence-electron chi connectivity index (χ4n) is 2.61. The molecule has 2 aromatic carbocycles. The van der Waals surface area contributed by atoms with Crippen LogP contribution in [0, 0.1) is 24.0 Å². The molecule has 0 unspecified atom stereocenters. The normalized spacial score (nSPS) is 10.7. The zero-order valence-electron chi connectivity index (χ0n) is 14.2. The average Bonchev–Trinajstić information content (AvgIpc) is 2.97. The van der Waals surface area contributed by atoms with E-state index in [0.29, 0.717) is 21.2 Å². The predicted octanol–water partition coefficient (Wildman–Crippen LogP) is 5.43. The van der Waals surface area contributed by atoms with Crippen molar-refractivity contribution in [3.63, 3.8) is 0 Å². The van der Waals surface area contributed by atoms with Gasteiger partial charge in [-0.15, -0.1) is 0 Å². The smallest absolute Gasteiger partial charge is 0.274 e. The molecule has 27 heavy (non-hydrogen) atoms. The molecule has 0 spiro atoms. The predicted molar refractivity (Wildman–Crippen MR) is 102 cm³/mol. The van der Waals surface area contributed by atoms with Crippen LogP contribution in [0.4, 0.5) is 11.4 Å². The molecule has 0 saturated carbocycles. The lowest BCUT2D eigenvalue weighted by Gasteiger charge is -2.08. The summed E-state index contributed by atoms with van der Waals surface area (Å²) in [5.41, 5.74) is 1.38. The van der Waals surface area contributed by atoms with Gasteiger partial charge in [-0.25, -0.2) is 0 Å². The molecular weight excluding hydrogens is 393 g/mol. The van der Waals surface area contributed by atoms with E-state index in [4.69, 9.17) is 27.7 Å². The third-order valence-corrected chi connectivity index (χ3v) is 4.58. The Morgan fingerprint density at radius 1 is 1.19 bits per heavy atom. The van der Waals surface area contributed by atoms with Crippen molar-refractivity contribution < 1.29 is 14.2 Å². The van der Waals surface area contributed by atoms with Gasteiger partial charge in [0.15, 0.2) is 0 Å². The van der Waals surface area contributed by atoms with Crippen LogP contribution in [-0.4, -0.2) is 16.0 Å². The molecule has 7 nitrogen and oxygen atoms in total. The molecule has 1 aromatic heterocycles. The lowest BCUT2D eigenvalue weighted by atomic mass is 10.1. The second kappa shape index (κ2) is 7.38. The maximum atomic E-state index is 12.8. The number of carbonyl (C=O) groups excluding carboxylic acids is 1. The Labute approximate surface area is 164 Å². The van der Waals surface area contributed by atoms with Crippen LogP contribution in [0.1, 0.15) is 21.7 Å². The summed E-state index contributed by atoms with van der Waals surface area (Å²) >= 11 is 12.4. The molecule has 0 saturated heterocycles. The fraction of sp³-hybridized carbons (Fsp3) is 0.111. The van der Waals surface area contributed by atoms with Gasteiger partial charge >= 0.3 is 0 Å². The molecule has 0 aliphatic rings. The van der Waals surface area contributed by atoms with E-state index < -0.39 is 10.8 Å². The molecule has 1 N–H and O–H groups in total. The molecule has 0 atom stereocenters. The number of aromatic nitrogens is 1. The van der Waals surface area contributed by atoms with Gasteiger partial charge in [-0.05, 0) is 32.0 Å². The van der Waals surface area contributed by atoms with Crippen molar-refractivity contribution in [2.24, 2.45) is 0 Å². The molecule has 138 valence electrons. The standard InChI is InChI=1S/C18H13Cl2N3O4/c1-9-6-7-11(8-14(9)23(25)26)21-18(24)15-10(2)27-22-17(15)16-12(19)4-3-5-13(16)20/h3-8H,1-2H3,(H,21,24). The van der Waals surface area contributed by atoms with Gasteiger partial charge in [0.25, 0.3) is 11.6 Å². The molecule has 3 aromatic rings. The van der Waals surface area contributed by atoms with Gasteiger partial charge in [-0.3, -0.25) is 14.9 Å². The highest BCUT2D eigenvalue weighted by molar-refractivity contribution is 6.39. The largest absolute Gasteiger partial charge is 0.360 e. The number of rotatable bonds is 4. The van der Waals surface area contributed by atoms with Crippen molar-refractivity contribution in [2.75, 3.05) is 5.32 Å². The summed E-state index contributed by atoms with van der Waals surface area (Å²) in [7, 11) is 0. The molecule has 0 radical (unpaired) electrons. The minimum Gasteiger partial charge on any atom is -0.360 e. The molecule has 0 aliphatic carbocycles. The fourth-order valence-corrected chi connectivity index (χ4v) is 3.19. The van der Waals surface area contributed by atoms with Gasteiger partial charge in [-0.1, -0.05) is 40.5 Å². The summed E-state index contributed by atoms with van der Waals surface area (Å²) in [4.78, 5) is 23.4. The van der Waals surface area contributed by atoms with E-state index >= 15 is 0 Å². The first kappa shape index (κ1) is 18.9. The number of nitrogens with zero attached hydrogens (tertiary/aromatic N) is 2. The third-order valence-electron chi connectivity index (χ3n) is 3.95. The van der Waals surface area contributed by atoms with E-state index in [0.717, 1.165) is 0 Å². The Kier molecular flexibility index (Phi) is 5.16. The number of halogens is 2. The van der Waals surface area contributed by atoms with Crippen molar-refractivity contribution in [1.82, 2.24) is 5.16 Å². The van der Waals surface area contributed by atoms with Crippen LogP contribution in [0.15, 0.2) is 40.9 Å². The van der Waals surface area contributed by atoms with Crippen LogP contribution < -0.4 is 5.32 Å². The van der Waals surface area contributed by atoms with E-state index in [1.807, 2.05) is 0 Å². The molecule has 3 rings (SSSR count). The lowest BCUT2D eigenvalue weighted by molar-refractivity contribution is -0.385. The van der Waals surface area contributed by atoms with E-state index in [1.54, 1.807) is 44.2 Å². The Morgan fingerprint density at radius 2 is 1.85 bits per heavy atom. The summed E-state index contributed by atoms with van der Waals surface area (Å²) in [5.74, 6) is -0.280. The number of hydrogen-bond donors (Lipinski definition) is 1. The minimum absolute atomic E-state index is 0.0933. The maximum absolute atomic E-state index is 12.8. The van der Waals surface area contributed by atoms with Crippen LogP contribution in [0.5, 0.6) is 0 Å². The first-order chi connectivity index (χ1) is 12.8. The monoisotopic (exact) mass is 405 g/mol. The minimum atomic E-state index is -0.544. The summed E-state index contributed by atoms with van der Waals surface area (Å²) in [5, 5.41) is 18.3. The quantitative estimate of drug-likeness (QED) is 0.460. The van der Waals surface area contributed by atoms with Crippen LogP contribution in [0.2, 0.25) is 10.0 Å². The highest BCUT2D eigenvalue weighted by Crippen LogP contribution is 2.37. The summed E-state index contributed by atoms with van der Waals surface area (Å²) < 4.78 is 5.16. The average molecular weight is 406 g/mol. The van der Waals surface area contributed by atoms with Gasteiger partial charge in [0, 0.05) is 22.9 Å². The number of amides is 1. The summed E-state index contributed by atoms with van der Waals surface area (Å²) in [6.45, 7) is 3.19. The van der Waals surface area contributed by atoms with Gasteiger partial charge in [0.05, 0.1) is 15.0 Å². The van der Waals surface area contributed by atoms with Gasteiger partial charge in [-0.2, -0.15) is 0 Å². The number of nitro benzene ring substituents is 1. The molecule has 0 bridgehead atoms. The summed E-state index contributed by atoms with van der Waals surface area (Å²) in [6, 6.07) is 9.34. The molecule has 0 aliphatic heterocycles. The van der Waals surface area contributed by atoms with Crippen LogP contribution in [0.3, 0.4) is 0 Å². The van der Waals surface area contributed by atoms with Gasteiger partial charge in [0.1, 0.15) is 17.0 Å². The Hall–Kier alpha value is -2.90. The Balaban J connectivity index is 2.01. The first-order valence-electron chi connectivity index (χ1n) is 7.76. The zero-order valence-corrected chi connectivity index (χ0v) is 15.8.